The van der Waals surface area contributed by atoms with Crippen molar-refractivity contribution in [3.8, 4) is 0 Å². The number of benzene rings is 2. The topological polar surface area (TPSA) is 24.4 Å². The average molecular weight is 222 g/mol. The standard InChI is InChI=1S/C15H14N2/c1-16-12-8-6-10-4-3-5-11-7-9-13(17-2)15(12)14(10)11/h3-9,16H,1-2H3. The van der Waals surface area contributed by atoms with Gasteiger partial charge >= 0.3 is 0 Å². The molecule has 0 saturated heterocycles. The Bertz CT molecular complexity index is 651. The highest BCUT2D eigenvalue weighted by Crippen LogP contribution is 2.33. The van der Waals surface area contributed by atoms with Crippen LogP contribution in [0.2, 0.25) is 0 Å². The molecule has 0 aromatic heterocycles. The fraction of sp³-hybridized carbons (Fsp3) is 0.133. The van der Waals surface area contributed by atoms with Crippen molar-refractivity contribution in [3.63, 3.8) is 0 Å². The van der Waals surface area contributed by atoms with Crippen LogP contribution in [0.5, 0.6) is 0 Å². The predicted molar refractivity (Wildman–Crippen MR) is 75.0 cm³/mol. The second-order valence-electron chi connectivity index (χ2n) is 4.13. The van der Waals surface area contributed by atoms with Gasteiger partial charge in [-0.1, -0.05) is 30.3 Å². The van der Waals surface area contributed by atoms with Crippen LogP contribution in [-0.2, 0) is 0 Å². The molecular formula is C15H14N2. The predicted octanol–water partition coefficient (Wildman–Crippen LogP) is 3.33. The Balaban J connectivity index is 2.51. The number of hydrogen-bond donors (Lipinski definition) is 1. The van der Waals surface area contributed by atoms with Gasteiger partial charge in [0.2, 0.25) is 0 Å². The van der Waals surface area contributed by atoms with Crippen molar-refractivity contribution >= 4 is 28.2 Å². The summed E-state index contributed by atoms with van der Waals surface area (Å²) in [6.07, 6.45) is 4.22. The van der Waals surface area contributed by atoms with E-state index in [2.05, 4.69) is 52.8 Å². The van der Waals surface area contributed by atoms with Gasteiger partial charge in [-0.15, -0.1) is 0 Å². The maximum absolute atomic E-state index is 4.37. The summed E-state index contributed by atoms with van der Waals surface area (Å²) >= 11 is 0. The van der Waals surface area contributed by atoms with Crippen LogP contribution in [0.3, 0.4) is 0 Å². The van der Waals surface area contributed by atoms with Gasteiger partial charge in [-0.2, -0.15) is 0 Å². The van der Waals surface area contributed by atoms with E-state index in [9.17, 15) is 0 Å². The molecule has 0 atom stereocenters. The van der Waals surface area contributed by atoms with Crippen LogP contribution in [0.15, 0.2) is 41.4 Å². The molecule has 0 aliphatic heterocycles. The van der Waals surface area contributed by atoms with Crippen LogP contribution in [0, 0.1) is 0 Å². The zero-order valence-electron chi connectivity index (χ0n) is 9.99. The molecule has 0 amide bonds. The summed E-state index contributed by atoms with van der Waals surface area (Å²) in [5.41, 5.74) is 4.65. The van der Waals surface area contributed by atoms with E-state index in [0.717, 1.165) is 11.4 Å². The van der Waals surface area contributed by atoms with Crippen molar-refractivity contribution in [2.24, 2.45) is 4.99 Å². The first kappa shape index (κ1) is 10.1. The van der Waals surface area contributed by atoms with Gasteiger partial charge in [-0.25, -0.2) is 0 Å². The lowest BCUT2D eigenvalue weighted by atomic mass is 9.90. The number of aliphatic imine (C=N–C) groups is 1. The van der Waals surface area contributed by atoms with Gasteiger partial charge in [-0.3, -0.25) is 4.99 Å². The number of nitrogens with one attached hydrogen (secondary N) is 1. The highest BCUT2D eigenvalue weighted by Gasteiger charge is 2.16. The fourth-order valence-corrected chi connectivity index (χ4v) is 2.46. The fourth-order valence-electron chi connectivity index (χ4n) is 2.46. The van der Waals surface area contributed by atoms with Crippen molar-refractivity contribution in [1.82, 2.24) is 0 Å². The largest absolute Gasteiger partial charge is 0.388 e. The second kappa shape index (κ2) is 3.74. The van der Waals surface area contributed by atoms with E-state index < -0.39 is 0 Å². The molecule has 0 radical (unpaired) electrons. The van der Waals surface area contributed by atoms with Gasteiger partial charge in [0.05, 0.1) is 5.71 Å². The molecule has 2 aromatic rings. The van der Waals surface area contributed by atoms with E-state index in [4.69, 9.17) is 0 Å². The van der Waals surface area contributed by atoms with Crippen LogP contribution in [0.25, 0.3) is 16.8 Å². The highest BCUT2D eigenvalue weighted by molar-refractivity contribution is 6.25. The van der Waals surface area contributed by atoms with E-state index >= 15 is 0 Å². The SMILES string of the molecule is CN=C1C=Cc2cccc3ccc(NC)c1c23. The molecule has 3 rings (SSSR count). The first-order valence-electron chi connectivity index (χ1n) is 5.74. The monoisotopic (exact) mass is 222 g/mol. The van der Waals surface area contributed by atoms with E-state index in [1.165, 1.54) is 21.9 Å². The zero-order chi connectivity index (χ0) is 11.8. The van der Waals surface area contributed by atoms with E-state index in [1.54, 1.807) is 0 Å². The lowest BCUT2D eigenvalue weighted by Gasteiger charge is -2.18. The number of rotatable bonds is 1. The Hall–Kier alpha value is -2.09. The molecule has 1 N–H and O–H groups in total. The minimum atomic E-state index is 1.04. The molecule has 2 heteroatoms. The van der Waals surface area contributed by atoms with Crippen LogP contribution in [0.1, 0.15) is 11.1 Å². The van der Waals surface area contributed by atoms with E-state index in [-0.39, 0.29) is 0 Å². The Morgan fingerprint density at radius 3 is 2.71 bits per heavy atom. The smallest absolute Gasteiger partial charge is 0.0670 e. The summed E-state index contributed by atoms with van der Waals surface area (Å²) in [5.74, 6) is 0. The minimum Gasteiger partial charge on any atom is -0.388 e. The quantitative estimate of drug-likeness (QED) is 0.786. The third-order valence-corrected chi connectivity index (χ3v) is 3.26. The Kier molecular flexibility index (Phi) is 2.22. The molecular weight excluding hydrogens is 208 g/mol. The van der Waals surface area contributed by atoms with Crippen molar-refractivity contribution in [3.05, 3.63) is 47.5 Å². The Labute approximate surface area is 101 Å². The normalized spacial score (nSPS) is 15.5. The van der Waals surface area contributed by atoms with Crippen molar-refractivity contribution in [2.45, 2.75) is 0 Å². The summed E-state index contributed by atoms with van der Waals surface area (Å²) in [6.45, 7) is 0. The minimum absolute atomic E-state index is 1.04. The Morgan fingerprint density at radius 2 is 1.94 bits per heavy atom. The summed E-state index contributed by atoms with van der Waals surface area (Å²) < 4.78 is 0. The van der Waals surface area contributed by atoms with Crippen molar-refractivity contribution in [2.75, 3.05) is 19.4 Å². The van der Waals surface area contributed by atoms with Gasteiger partial charge in [0.15, 0.2) is 0 Å². The van der Waals surface area contributed by atoms with Crippen LogP contribution in [-0.4, -0.2) is 19.8 Å². The molecule has 17 heavy (non-hydrogen) atoms. The molecule has 2 aromatic carbocycles. The van der Waals surface area contributed by atoms with Gasteiger partial charge in [0, 0.05) is 30.7 Å². The number of allylic oxidation sites excluding steroid dienone is 1. The van der Waals surface area contributed by atoms with Gasteiger partial charge < -0.3 is 5.32 Å². The number of anilines is 1. The lowest BCUT2D eigenvalue weighted by Crippen LogP contribution is -2.07. The molecule has 1 aliphatic carbocycles. The molecule has 0 saturated carbocycles. The molecule has 84 valence electrons. The van der Waals surface area contributed by atoms with Crippen molar-refractivity contribution < 1.29 is 0 Å². The summed E-state index contributed by atoms with van der Waals surface area (Å²) in [4.78, 5) is 4.37. The van der Waals surface area contributed by atoms with E-state index in [1.807, 2.05) is 14.1 Å². The maximum atomic E-state index is 4.37. The number of hydrogen-bond acceptors (Lipinski definition) is 2. The van der Waals surface area contributed by atoms with Gasteiger partial charge in [0.25, 0.3) is 0 Å². The summed E-state index contributed by atoms with van der Waals surface area (Å²) in [5, 5.41) is 5.81. The Morgan fingerprint density at radius 1 is 1.06 bits per heavy atom. The van der Waals surface area contributed by atoms with Gasteiger partial charge in [0.1, 0.15) is 0 Å². The van der Waals surface area contributed by atoms with Crippen LogP contribution in [0.4, 0.5) is 5.69 Å². The van der Waals surface area contributed by atoms with Crippen LogP contribution >= 0.6 is 0 Å². The molecule has 0 heterocycles. The van der Waals surface area contributed by atoms with Gasteiger partial charge in [-0.05, 0) is 23.1 Å². The zero-order valence-corrected chi connectivity index (χ0v) is 9.99. The highest BCUT2D eigenvalue weighted by atomic mass is 14.8. The summed E-state index contributed by atoms with van der Waals surface area (Å²) in [6, 6.07) is 10.7. The second-order valence-corrected chi connectivity index (χ2v) is 4.13. The molecule has 0 spiro atoms. The van der Waals surface area contributed by atoms with Crippen molar-refractivity contribution in [1.29, 1.82) is 0 Å². The third kappa shape index (κ3) is 1.37. The molecule has 0 bridgehead atoms. The average Bonchev–Trinajstić information content (AvgIpc) is 2.40. The number of nitrogens with zero attached hydrogens (tertiary/aromatic N) is 1. The molecule has 0 fully saturated rings. The maximum Gasteiger partial charge on any atom is 0.0670 e. The molecule has 2 nitrogen and oxygen atoms in total. The molecule has 0 unspecified atom stereocenters. The van der Waals surface area contributed by atoms with Crippen LogP contribution < -0.4 is 5.32 Å². The lowest BCUT2D eigenvalue weighted by molar-refractivity contribution is 1.42. The first-order valence-corrected chi connectivity index (χ1v) is 5.74. The summed E-state index contributed by atoms with van der Waals surface area (Å²) in [7, 11) is 3.79. The van der Waals surface area contributed by atoms with E-state index in [0.29, 0.717) is 0 Å². The third-order valence-electron chi connectivity index (χ3n) is 3.26. The first-order chi connectivity index (χ1) is 8.35. The molecule has 1 aliphatic rings.